The quantitative estimate of drug-likeness (QED) is 0.433. The van der Waals surface area contributed by atoms with E-state index in [-0.39, 0.29) is 10.8 Å². The number of hydrogen-bond donors (Lipinski definition) is 3. The Labute approximate surface area is 199 Å². The smallest absolute Gasteiger partial charge is 0.242 e. The van der Waals surface area contributed by atoms with Crippen molar-refractivity contribution in [3.05, 3.63) is 83.9 Å². The van der Waals surface area contributed by atoms with Crippen LogP contribution < -0.4 is 20.1 Å². The van der Waals surface area contributed by atoms with Crippen LogP contribution >= 0.6 is 0 Å². The third kappa shape index (κ3) is 6.66. The molecule has 0 bridgehead atoms. The fourth-order valence-electron chi connectivity index (χ4n) is 3.34. The first kappa shape index (κ1) is 24.9. The highest BCUT2D eigenvalue weighted by atomic mass is 32.2. The molecule has 3 aromatic rings. The summed E-state index contributed by atoms with van der Waals surface area (Å²) < 4.78 is 33.2. The van der Waals surface area contributed by atoms with Crippen LogP contribution in [0, 0.1) is 0 Å². The molecular weight excluding hydrogens is 454 g/mol. The number of methoxy groups -OCH3 is 1. The molecule has 0 aromatic heterocycles. The third-order valence-corrected chi connectivity index (χ3v) is 6.55. The van der Waals surface area contributed by atoms with Gasteiger partial charge in [-0.1, -0.05) is 30.3 Å². The number of ether oxygens (including phenoxy) is 1. The molecule has 0 radical (unpaired) electrons. The molecule has 3 aromatic carbocycles. The monoisotopic (exact) mass is 481 g/mol. The number of benzene rings is 3. The molecule has 0 aliphatic carbocycles. The molecule has 3 N–H and O–H groups in total. The van der Waals surface area contributed by atoms with Gasteiger partial charge in [-0.05, 0) is 55.0 Å². The van der Waals surface area contributed by atoms with E-state index in [1.165, 1.54) is 38.1 Å². The van der Waals surface area contributed by atoms with Crippen LogP contribution in [0.25, 0.3) is 0 Å². The van der Waals surface area contributed by atoms with Crippen LogP contribution in [-0.2, 0) is 26.0 Å². The predicted molar refractivity (Wildman–Crippen MR) is 131 cm³/mol. The van der Waals surface area contributed by atoms with E-state index in [4.69, 9.17) is 4.74 Å². The zero-order chi connectivity index (χ0) is 24.7. The van der Waals surface area contributed by atoms with Gasteiger partial charge in [0.1, 0.15) is 5.75 Å². The van der Waals surface area contributed by atoms with Crippen molar-refractivity contribution in [3.63, 3.8) is 0 Å². The first-order valence-corrected chi connectivity index (χ1v) is 12.1. The number of rotatable bonds is 9. The van der Waals surface area contributed by atoms with Crippen LogP contribution in [-0.4, -0.2) is 33.4 Å². The van der Waals surface area contributed by atoms with Crippen LogP contribution in [0.2, 0.25) is 0 Å². The van der Waals surface area contributed by atoms with E-state index in [0.717, 1.165) is 11.1 Å². The lowest BCUT2D eigenvalue weighted by molar-refractivity contribution is -0.117. The summed E-state index contributed by atoms with van der Waals surface area (Å²) in [6.45, 7) is 2.83. The van der Waals surface area contributed by atoms with Crippen molar-refractivity contribution < 1.29 is 22.7 Å². The topological polar surface area (TPSA) is 114 Å². The minimum absolute atomic E-state index is 0.0177. The normalized spacial score (nSPS) is 12.0. The maximum absolute atomic E-state index is 12.7. The molecule has 9 heteroatoms. The molecule has 2 amide bonds. The van der Waals surface area contributed by atoms with Crippen LogP contribution in [0.15, 0.2) is 77.7 Å². The van der Waals surface area contributed by atoms with E-state index in [1.54, 1.807) is 19.2 Å². The summed E-state index contributed by atoms with van der Waals surface area (Å²) in [7, 11) is -2.36. The average Bonchev–Trinajstić information content (AvgIpc) is 2.79. The largest absolute Gasteiger partial charge is 0.496 e. The lowest BCUT2D eigenvalue weighted by Gasteiger charge is -2.16. The van der Waals surface area contributed by atoms with E-state index in [9.17, 15) is 18.0 Å². The Morgan fingerprint density at radius 2 is 1.56 bits per heavy atom. The van der Waals surface area contributed by atoms with E-state index < -0.39 is 22.0 Å². The summed E-state index contributed by atoms with van der Waals surface area (Å²) in [6.07, 6.45) is 0.615. The first-order chi connectivity index (χ1) is 16.2. The molecule has 0 heterocycles. The fourth-order valence-corrected chi connectivity index (χ4v) is 4.54. The summed E-state index contributed by atoms with van der Waals surface area (Å²) in [4.78, 5) is 23.8. The third-order valence-electron chi connectivity index (χ3n) is 5.00. The van der Waals surface area contributed by atoms with Gasteiger partial charge in [-0.2, -0.15) is 4.72 Å². The van der Waals surface area contributed by atoms with Gasteiger partial charge >= 0.3 is 0 Å². The van der Waals surface area contributed by atoms with Crippen LogP contribution in [0.5, 0.6) is 5.75 Å². The van der Waals surface area contributed by atoms with Gasteiger partial charge in [0, 0.05) is 30.3 Å². The lowest BCUT2D eigenvalue weighted by atomic mass is 10.0. The van der Waals surface area contributed by atoms with E-state index >= 15 is 0 Å². The molecule has 3 rings (SSSR count). The Kier molecular flexibility index (Phi) is 8.04. The molecule has 0 spiro atoms. The summed E-state index contributed by atoms with van der Waals surface area (Å²) >= 11 is 0. The van der Waals surface area contributed by atoms with Crippen molar-refractivity contribution in [2.75, 3.05) is 17.7 Å². The SMILES string of the molecule is COc1ccc(NC(=O)[C@H](C)NS(=O)(=O)c2ccc(NC(C)=O)cc2)cc1Cc1ccccc1. The number of nitrogens with one attached hydrogen (secondary N) is 3. The van der Waals surface area contributed by atoms with Gasteiger partial charge in [-0.15, -0.1) is 0 Å². The van der Waals surface area contributed by atoms with Crippen LogP contribution in [0.3, 0.4) is 0 Å². The number of carbonyl (C=O) groups is 2. The fraction of sp³-hybridized carbons (Fsp3) is 0.200. The standard InChI is InChI=1S/C25H27N3O5S/c1-17(28-34(31,32)23-12-9-21(10-13-23)26-18(2)29)25(30)27-22-11-14-24(33-3)20(16-22)15-19-7-5-4-6-8-19/h4-14,16-17,28H,15H2,1-3H3,(H,26,29)(H,27,30)/t17-/m0/s1. The van der Waals surface area contributed by atoms with Crippen molar-refractivity contribution in [1.82, 2.24) is 4.72 Å². The maximum atomic E-state index is 12.7. The Hall–Kier alpha value is -3.69. The summed E-state index contributed by atoms with van der Waals surface area (Å²) in [6, 6.07) is 19.8. The first-order valence-electron chi connectivity index (χ1n) is 10.6. The number of anilines is 2. The van der Waals surface area contributed by atoms with Crippen molar-refractivity contribution in [3.8, 4) is 5.75 Å². The minimum Gasteiger partial charge on any atom is -0.496 e. The van der Waals surface area contributed by atoms with Gasteiger partial charge in [-0.3, -0.25) is 9.59 Å². The Morgan fingerprint density at radius 1 is 0.912 bits per heavy atom. The molecule has 0 saturated carbocycles. The molecule has 0 saturated heterocycles. The number of amides is 2. The number of hydrogen-bond acceptors (Lipinski definition) is 5. The van der Waals surface area contributed by atoms with Gasteiger partial charge in [0.15, 0.2) is 0 Å². The average molecular weight is 482 g/mol. The summed E-state index contributed by atoms with van der Waals surface area (Å²) in [5.74, 6) is -0.0722. The highest BCUT2D eigenvalue weighted by molar-refractivity contribution is 7.89. The highest BCUT2D eigenvalue weighted by Gasteiger charge is 2.22. The predicted octanol–water partition coefficient (Wildman–Crippen LogP) is 3.55. The minimum atomic E-state index is -3.95. The molecule has 0 aliphatic heterocycles. The molecule has 178 valence electrons. The summed E-state index contributed by atoms with van der Waals surface area (Å²) in [5, 5.41) is 5.33. The second kappa shape index (κ2) is 11.0. The Balaban J connectivity index is 1.69. The number of sulfonamides is 1. The lowest BCUT2D eigenvalue weighted by Crippen LogP contribution is -2.41. The van der Waals surface area contributed by atoms with E-state index in [2.05, 4.69) is 15.4 Å². The van der Waals surface area contributed by atoms with Crippen LogP contribution in [0.1, 0.15) is 25.0 Å². The highest BCUT2D eigenvalue weighted by Crippen LogP contribution is 2.25. The molecule has 0 fully saturated rings. The maximum Gasteiger partial charge on any atom is 0.242 e. The van der Waals surface area contributed by atoms with Crippen molar-refractivity contribution in [1.29, 1.82) is 0 Å². The molecule has 0 aliphatic rings. The van der Waals surface area contributed by atoms with Gasteiger partial charge in [-0.25, -0.2) is 8.42 Å². The zero-order valence-corrected chi connectivity index (χ0v) is 20.0. The van der Waals surface area contributed by atoms with Crippen molar-refractivity contribution >= 4 is 33.2 Å². The van der Waals surface area contributed by atoms with E-state index in [1.807, 2.05) is 36.4 Å². The van der Waals surface area contributed by atoms with Gasteiger partial charge < -0.3 is 15.4 Å². The molecule has 8 nitrogen and oxygen atoms in total. The second-order valence-electron chi connectivity index (χ2n) is 7.73. The number of carbonyl (C=O) groups excluding carboxylic acids is 2. The van der Waals surface area contributed by atoms with Gasteiger partial charge in [0.2, 0.25) is 21.8 Å². The second-order valence-corrected chi connectivity index (χ2v) is 9.44. The van der Waals surface area contributed by atoms with Crippen molar-refractivity contribution in [2.45, 2.75) is 31.2 Å². The van der Waals surface area contributed by atoms with Crippen molar-refractivity contribution in [2.24, 2.45) is 0 Å². The zero-order valence-electron chi connectivity index (χ0n) is 19.2. The van der Waals surface area contributed by atoms with E-state index in [0.29, 0.717) is 23.5 Å². The molecule has 0 unspecified atom stereocenters. The molecule has 34 heavy (non-hydrogen) atoms. The Bertz CT molecular complexity index is 1260. The molecular formula is C25H27N3O5S. The Morgan fingerprint density at radius 3 is 2.18 bits per heavy atom. The van der Waals surface area contributed by atoms with Crippen LogP contribution in [0.4, 0.5) is 11.4 Å². The molecule has 1 atom stereocenters. The van der Waals surface area contributed by atoms with Gasteiger partial charge in [0.05, 0.1) is 18.0 Å². The van der Waals surface area contributed by atoms with Gasteiger partial charge in [0.25, 0.3) is 0 Å². The summed E-state index contributed by atoms with van der Waals surface area (Å²) in [5.41, 5.74) is 2.99.